The number of hydrogen-bond acceptors (Lipinski definition) is 3. The van der Waals surface area contributed by atoms with Crippen LogP contribution in [0.25, 0.3) is 5.69 Å². The van der Waals surface area contributed by atoms with Gasteiger partial charge < -0.3 is 20.3 Å². The van der Waals surface area contributed by atoms with Crippen molar-refractivity contribution in [2.45, 2.75) is 44.4 Å². The maximum Gasteiger partial charge on any atom is 0.315 e. The van der Waals surface area contributed by atoms with E-state index in [9.17, 15) is 9.90 Å². The first-order chi connectivity index (χ1) is 11.2. The molecule has 3 N–H and O–H groups in total. The second-order valence-corrected chi connectivity index (χ2v) is 5.97. The summed E-state index contributed by atoms with van der Waals surface area (Å²) in [5, 5.41) is 15.4. The number of benzene rings is 1. The minimum atomic E-state index is -0.206. The molecule has 0 saturated heterocycles. The van der Waals surface area contributed by atoms with Crippen molar-refractivity contribution < 1.29 is 9.90 Å². The number of nitrogens with zero attached hydrogens (tertiary/aromatic N) is 2. The number of rotatable bonds is 4. The van der Waals surface area contributed by atoms with Crippen molar-refractivity contribution in [3.63, 3.8) is 0 Å². The van der Waals surface area contributed by atoms with Gasteiger partial charge in [0.05, 0.1) is 12.4 Å². The third-order valence-electron chi connectivity index (χ3n) is 4.20. The van der Waals surface area contributed by atoms with Crippen LogP contribution in [0.5, 0.6) is 0 Å². The van der Waals surface area contributed by atoms with Gasteiger partial charge in [-0.05, 0) is 43.4 Å². The van der Waals surface area contributed by atoms with Crippen molar-refractivity contribution >= 4 is 6.03 Å². The molecule has 3 rings (SSSR count). The summed E-state index contributed by atoms with van der Waals surface area (Å²) in [4.78, 5) is 16.0. The Bertz CT molecular complexity index is 634. The third-order valence-corrected chi connectivity index (χ3v) is 4.20. The summed E-state index contributed by atoms with van der Waals surface area (Å²) in [6.45, 7) is 0.476. The van der Waals surface area contributed by atoms with E-state index in [4.69, 9.17) is 0 Å². The van der Waals surface area contributed by atoms with Crippen LogP contribution in [-0.4, -0.2) is 32.8 Å². The molecule has 1 aliphatic carbocycles. The SMILES string of the molecule is O=C(NCc1cccc(-n2ccnc2)c1)NC1CCC(O)CC1. The molecule has 122 valence electrons. The molecular formula is C17H22N4O2. The molecule has 0 unspecified atom stereocenters. The summed E-state index contributed by atoms with van der Waals surface area (Å²) in [6, 6.07) is 7.98. The van der Waals surface area contributed by atoms with Gasteiger partial charge in [-0.25, -0.2) is 9.78 Å². The highest BCUT2D eigenvalue weighted by Crippen LogP contribution is 2.18. The monoisotopic (exact) mass is 314 g/mol. The molecule has 0 radical (unpaired) electrons. The van der Waals surface area contributed by atoms with Crippen LogP contribution in [-0.2, 0) is 6.54 Å². The summed E-state index contributed by atoms with van der Waals surface area (Å²) in [5.41, 5.74) is 2.05. The number of amides is 2. The zero-order valence-corrected chi connectivity index (χ0v) is 13.0. The van der Waals surface area contributed by atoms with E-state index in [-0.39, 0.29) is 18.2 Å². The fourth-order valence-electron chi connectivity index (χ4n) is 2.88. The van der Waals surface area contributed by atoms with Gasteiger partial charge in [-0.3, -0.25) is 0 Å². The summed E-state index contributed by atoms with van der Waals surface area (Å²) >= 11 is 0. The maximum absolute atomic E-state index is 12.0. The quantitative estimate of drug-likeness (QED) is 0.807. The summed E-state index contributed by atoms with van der Waals surface area (Å²) < 4.78 is 1.93. The number of carbonyl (C=O) groups is 1. The molecule has 6 heteroatoms. The summed E-state index contributed by atoms with van der Waals surface area (Å²) in [5.74, 6) is 0. The van der Waals surface area contributed by atoms with Crippen LogP contribution < -0.4 is 10.6 Å². The van der Waals surface area contributed by atoms with E-state index < -0.39 is 0 Å². The van der Waals surface area contributed by atoms with Crippen molar-refractivity contribution in [2.75, 3.05) is 0 Å². The van der Waals surface area contributed by atoms with E-state index >= 15 is 0 Å². The van der Waals surface area contributed by atoms with Gasteiger partial charge in [-0.15, -0.1) is 0 Å². The molecule has 6 nitrogen and oxygen atoms in total. The Morgan fingerprint density at radius 3 is 2.87 bits per heavy atom. The number of aromatic nitrogens is 2. The van der Waals surface area contributed by atoms with Crippen LogP contribution >= 0.6 is 0 Å². The average Bonchev–Trinajstić information content (AvgIpc) is 3.10. The molecule has 0 spiro atoms. The number of carbonyl (C=O) groups excluding carboxylic acids is 1. The maximum atomic E-state index is 12.0. The minimum Gasteiger partial charge on any atom is -0.393 e. The van der Waals surface area contributed by atoms with Crippen molar-refractivity contribution in [3.05, 3.63) is 48.5 Å². The van der Waals surface area contributed by atoms with Crippen LogP contribution in [0.15, 0.2) is 43.0 Å². The Balaban J connectivity index is 1.50. The van der Waals surface area contributed by atoms with E-state index in [2.05, 4.69) is 15.6 Å². The molecule has 23 heavy (non-hydrogen) atoms. The molecule has 1 heterocycles. The molecule has 1 saturated carbocycles. The fraction of sp³-hybridized carbons (Fsp3) is 0.412. The summed E-state index contributed by atoms with van der Waals surface area (Å²) in [6.07, 6.45) is 8.36. The Kier molecular flexibility index (Phi) is 4.92. The van der Waals surface area contributed by atoms with Crippen LogP contribution in [0.3, 0.4) is 0 Å². The van der Waals surface area contributed by atoms with Gasteiger partial charge in [0.1, 0.15) is 0 Å². The van der Waals surface area contributed by atoms with E-state index in [0.29, 0.717) is 6.54 Å². The van der Waals surface area contributed by atoms with Gasteiger partial charge in [-0.2, -0.15) is 0 Å². The molecular weight excluding hydrogens is 292 g/mol. The highest BCUT2D eigenvalue weighted by Gasteiger charge is 2.20. The predicted octanol–water partition coefficient (Wildman–Crippen LogP) is 1.97. The number of aliphatic hydroxyl groups excluding tert-OH is 1. The van der Waals surface area contributed by atoms with Gasteiger partial charge in [-0.1, -0.05) is 12.1 Å². The molecule has 0 atom stereocenters. The molecule has 1 aromatic carbocycles. The Morgan fingerprint density at radius 1 is 1.30 bits per heavy atom. The van der Waals surface area contributed by atoms with E-state index in [1.54, 1.807) is 12.5 Å². The standard InChI is InChI=1S/C17H22N4O2/c22-16-6-4-14(5-7-16)20-17(23)19-11-13-2-1-3-15(10-13)21-9-8-18-12-21/h1-3,8-10,12,14,16,22H,4-7,11H2,(H2,19,20,23). The summed E-state index contributed by atoms with van der Waals surface area (Å²) in [7, 11) is 0. The number of urea groups is 1. The van der Waals surface area contributed by atoms with Gasteiger partial charge in [0.15, 0.2) is 0 Å². The number of hydrogen-bond donors (Lipinski definition) is 3. The molecule has 1 aliphatic rings. The normalized spacial score (nSPS) is 20.9. The molecule has 0 bridgehead atoms. The van der Waals surface area contributed by atoms with E-state index in [0.717, 1.165) is 36.9 Å². The van der Waals surface area contributed by atoms with Crippen molar-refractivity contribution in [1.29, 1.82) is 0 Å². The lowest BCUT2D eigenvalue weighted by Crippen LogP contribution is -2.43. The van der Waals surface area contributed by atoms with Gasteiger partial charge in [0, 0.05) is 30.7 Å². The van der Waals surface area contributed by atoms with Gasteiger partial charge in [0.2, 0.25) is 0 Å². The molecule has 0 aliphatic heterocycles. The first kappa shape index (κ1) is 15.6. The van der Waals surface area contributed by atoms with Gasteiger partial charge in [0.25, 0.3) is 0 Å². The smallest absolute Gasteiger partial charge is 0.315 e. The molecule has 2 amide bonds. The van der Waals surface area contributed by atoms with Crippen LogP contribution in [0.2, 0.25) is 0 Å². The lowest BCUT2D eigenvalue weighted by Gasteiger charge is -2.26. The highest BCUT2D eigenvalue weighted by atomic mass is 16.3. The van der Waals surface area contributed by atoms with Crippen molar-refractivity contribution in [2.24, 2.45) is 0 Å². The molecule has 2 aromatic rings. The first-order valence-electron chi connectivity index (χ1n) is 8.00. The topological polar surface area (TPSA) is 79.2 Å². The zero-order valence-electron chi connectivity index (χ0n) is 13.0. The zero-order chi connectivity index (χ0) is 16.1. The largest absolute Gasteiger partial charge is 0.393 e. The predicted molar refractivity (Wildman–Crippen MR) is 87.2 cm³/mol. The average molecular weight is 314 g/mol. The third kappa shape index (κ3) is 4.32. The fourth-order valence-corrected chi connectivity index (χ4v) is 2.88. The second kappa shape index (κ2) is 7.28. The van der Waals surface area contributed by atoms with E-state index in [1.165, 1.54) is 0 Å². The minimum absolute atomic E-state index is 0.153. The number of imidazole rings is 1. The lowest BCUT2D eigenvalue weighted by atomic mass is 9.93. The number of aliphatic hydroxyl groups is 1. The first-order valence-corrected chi connectivity index (χ1v) is 8.00. The second-order valence-electron chi connectivity index (χ2n) is 5.97. The molecule has 1 aromatic heterocycles. The Hall–Kier alpha value is -2.34. The Labute approximate surface area is 135 Å². The lowest BCUT2D eigenvalue weighted by molar-refractivity contribution is 0.117. The van der Waals surface area contributed by atoms with Crippen molar-refractivity contribution in [3.8, 4) is 5.69 Å². The Morgan fingerprint density at radius 2 is 2.13 bits per heavy atom. The van der Waals surface area contributed by atoms with Crippen LogP contribution in [0, 0.1) is 0 Å². The van der Waals surface area contributed by atoms with Crippen molar-refractivity contribution in [1.82, 2.24) is 20.2 Å². The molecule has 1 fully saturated rings. The highest BCUT2D eigenvalue weighted by molar-refractivity contribution is 5.74. The van der Waals surface area contributed by atoms with Crippen LogP contribution in [0.4, 0.5) is 4.79 Å². The van der Waals surface area contributed by atoms with Crippen LogP contribution in [0.1, 0.15) is 31.2 Å². The van der Waals surface area contributed by atoms with E-state index in [1.807, 2.05) is 35.0 Å². The number of nitrogens with one attached hydrogen (secondary N) is 2. The van der Waals surface area contributed by atoms with Gasteiger partial charge >= 0.3 is 6.03 Å².